The predicted octanol–water partition coefficient (Wildman–Crippen LogP) is 2.08. The van der Waals surface area contributed by atoms with Crippen molar-refractivity contribution in [1.29, 1.82) is 0 Å². The molecule has 1 fully saturated rings. The number of rotatable bonds is 5. The standard InChI is InChI=1S/C16H24F3N5/c1-3-20-15(22-9-14-12(2)5-4-7-21-14)23-13-6-8-24(10-13)11-16(17,18)19/h4-5,7,13H,3,6,8-11H2,1-2H3,(H2,20,22,23). The first-order valence-corrected chi connectivity index (χ1v) is 8.12. The van der Waals surface area contributed by atoms with Gasteiger partial charge in [-0.15, -0.1) is 0 Å². The van der Waals surface area contributed by atoms with Crippen LogP contribution in [0.4, 0.5) is 13.2 Å². The number of aryl methyl sites for hydroxylation is 1. The number of aromatic nitrogens is 1. The van der Waals surface area contributed by atoms with Gasteiger partial charge in [0.1, 0.15) is 0 Å². The van der Waals surface area contributed by atoms with Crippen molar-refractivity contribution in [3.05, 3.63) is 29.6 Å². The third-order valence-electron chi connectivity index (χ3n) is 3.87. The number of halogens is 3. The highest BCUT2D eigenvalue weighted by atomic mass is 19.4. The van der Waals surface area contributed by atoms with Crippen molar-refractivity contribution in [2.45, 2.75) is 39.0 Å². The maximum absolute atomic E-state index is 12.5. The van der Waals surface area contributed by atoms with Crippen LogP contribution in [0.25, 0.3) is 0 Å². The summed E-state index contributed by atoms with van der Waals surface area (Å²) in [5.41, 5.74) is 1.95. The number of pyridine rings is 1. The molecule has 0 spiro atoms. The molecule has 0 aliphatic carbocycles. The van der Waals surface area contributed by atoms with Gasteiger partial charge in [-0.1, -0.05) is 6.07 Å². The number of hydrogen-bond acceptors (Lipinski definition) is 3. The van der Waals surface area contributed by atoms with Crippen LogP contribution in [0, 0.1) is 6.92 Å². The summed E-state index contributed by atoms with van der Waals surface area (Å²) >= 11 is 0. The Morgan fingerprint density at radius 1 is 1.46 bits per heavy atom. The average Bonchev–Trinajstić information content (AvgIpc) is 2.91. The highest BCUT2D eigenvalue weighted by molar-refractivity contribution is 5.80. The summed E-state index contributed by atoms with van der Waals surface area (Å²) in [5.74, 6) is 0.612. The normalized spacial score (nSPS) is 19.5. The SMILES string of the molecule is CCNC(=NCc1ncccc1C)NC1CCN(CC(F)(F)F)C1. The van der Waals surface area contributed by atoms with Gasteiger partial charge in [-0.2, -0.15) is 13.2 Å². The number of aliphatic imine (C=N–C) groups is 1. The van der Waals surface area contributed by atoms with E-state index >= 15 is 0 Å². The third-order valence-corrected chi connectivity index (χ3v) is 3.87. The first-order chi connectivity index (χ1) is 11.4. The van der Waals surface area contributed by atoms with Gasteiger partial charge >= 0.3 is 6.18 Å². The molecule has 1 aliphatic heterocycles. The molecule has 134 valence electrons. The topological polar surface area (TPSA) is 52.6 Å². The molecule has 0 saturated carbocycles. The Balaban J connectivity index is 1.92. The van der Waals surface area contributed by atoms with Crippen LogP contribution in [-0.4, -0.2) is 54.2 Å². The number of guanidine groups is 1. The van der Waals surface area contributed by atoms with Crippen molar-refractivity contribution in [3.8, 4) is 0 Å². The number of alkyl halides is 3. The maximum Gasteiger partial charge on any atom is 0.401 e. The number of likely N-dealkylation sites (tertiary alicyclic amines) is 1. The zero-order valence-corrected chi connectivity index (χ0v) is 14.0. The number of nitrogens with one attached hydrogen (secondary N) is 2. The molecule has 2 heterocycles. The lowest BCUT2D eigenvalue weighted by atomic mass is 10.2. The quantitative estimate of drug-likeness (QED) is 0.635. The number of hydrogen-bond donors (Lipinski definition) is 2. The zero-order valence-electron chi connectivity index (χ0n) is 14.0. The molecule has 5 nitrogen and oxygen atoms in total. The Hall–Kier alpha value is -1.83. The van der Waals surface area contributed by atoms with Gasteiger partial charge in [0.25, 0.3) is 0 Å². The lowest BCUT2D eigenvalue weighted by Gasteiger charge is -2.19. The van der Waals surface area contributed by atoms with Crippen LogP contribution in [0.3, 0.4) is 0 Å². The van der Waals surface area contributed by atoms with Gasteiger partial charge in [0.2, 0.25) is 0 Å². The van der Waals surface area contributed by atoms with Crippen LogP contribution in [-0.2, 0) is 6.54 Å². The Kier molecular flexibility index (Phi) is 6.42. The molecule has 0 bridgehead atoms. The van der Waals surface area contributed by atoms with Crippen molar-refractivity contribution in [3.63, 3.8) is 0 Å². The van der Waals surface area contributed by atoms with Gasteiger partial charge < -0.3 is 10.6 Å². The molecule has 24 heavy (non-hydrogen) atoms. The Morgan fingerprint density at radius 3 is 2.92 bits per heavy atom. The second-order valence-corrected chi connectivity index (χ2v) is 5.94. The lowest BCUT2D eigenvalue weighted by molar-refractivity contribution is -0.143. The molecular weight excluding hydrogens is 319 g/mol. The van der Waals surface area contributed by atoms with Crippen LogP contribution in [0.15, 0.2) is 23.3 Å². The minimum atomic E-state index is -4.15. The van der Waals surface area contributed by atoms with Crippen LogP contribution in [0.2, 0.25) is 0 Å². The van der Waals surface area contributed by atoms with Gasteiger partial charge in [0.15, 0.2) is 5.96 Å². The number of nitrogens with zero attached hydrogens (tertiary/aromatic N) is 3. The molecule has 1 aromatic heterocycles. The van der Waals surface area contributed by atoms with Crippen LogP contribution in [0.5, 0.6) is 0 Å². The van der Waals surface area contributed by atoms with Crippen molar-refractivity contribution in [2.24, 2.45) is 4.99 Å². The van der Waals surface area contributed by atoms with E-state index in [4.69, 9.17) is 0 Å². The molecule has 1 aliphatic rings. The second kappa shape index (κ2) is 8.32. The second-order valence-electron chi connectivity index (χ2n) is 5.94. The molecular formula is C16H24F3N5. The fourth-order valence-electron chi connectivity index (χ4n) is 2.70. The van der Waals surface area contributed by atoms with Gasteiger partial charge in [-0.25, -0.2) is 4.99 Å². The molecule has 1 unspecified atom stereocenters. The van der Waals surface area contributed by atoms with E-state index in [1.807, 2.05) is 26.0 Å². The molecule has 2 N–H and O–H groups in total. The van der Waals surface area contributed by atoms with Crippen molar-refractivity contribution >= 4 is 5.96 Å². The van der Waals surface area contributed by atoms with E-state index in [2.05, 4.69) is 20.6 Å². The molecule has 2 rings (SSSR count). The van der Waals surface area contributed by atoms with Crippen molar-refractivity contribution in [1.82, 2.24) is 20.5 Å². The smallest absolute Gasteiger partial charge is 0.357 e. The molecule has 0 aromatic carbocycles. The minimum Gasteiger partial charge on any atom is -0.357 e. The molecule has 8 heteroatoms. The molecule has 1 atom stereocenters. The van der Waals surface area contributed by atoms with E-state index in [0.29, 0.717) is 38.6 Å². The van der Waals surface area contributed by atoms with Gasteiger partial charge in [-0.3, -0.25) is 9.88 Å². The minimum absolute atomic E-state index is 0.0324. The summed E-state index contributed by atoms with van der Waals surface area (Å²) in [5, 5.41) is 6.36. The summed E-state index contributed by atoms with van der Waals surface area (Å²) in [7, 11) is 0. The first kappa shape index (κ1) is 18.5. The molecule has 1 saturated heterocycles. The average molecular weight is 343 g/mol. The van der Waals surface area contributed by atoms with E-state index in [9.17, 15) is 13.2 Å². The monoisotopic (exact) mass is 343 g/mol. The van der Waals surface area contributed by atoms with Crippen LogP contribution < -0.4 is 10.6 Å². The third kappa shape index (κ3) is 5.99. The first-order valence-electron chi connectivity index (χ1n) is 8.12. The van der Waals surface area contributed by atoms with Gasteiger partial charge in [0, 0.05) is 31.9 Å². The summed E-state index contributed by atoms with van der Waals surface area (Å²) in [6, 6.07) is 3.82. The Labute approximate surface area is 140 Å². The zero-order chi connectivity index (χ0) is 17.6. The maximum atomic E-state index is 12.5. The fourth-order valence-corrected chi connectivity index (χ4v) is 2.70. The summed E-state index contributed by atoms with van der Waals surface area (Å²) < 4.78 is 37.4. The Morgan fingerprint density at radius 2 is 2.25 bits per heavy atom. The van der Waals surface area contributed by atoms with E-state index < -0.39 is 12.7 Å². The largest absolute Gasteiger partial charge is 0.401 e. The van der Waals surface area contributed by atoms with E-state index in [1.54, 1.807) is 6.20 Å². The van der Waals surface area contributed by atoms with E-state index in [1.165, 1.54) is 4.90 Å². The van der Waals surface area contributed by atoms with E-state index in [-0.39, 0.29) is 6.04 Å². The molecule has 0 amide bonds. The van der Waals surface area contributed by atoms with Crippen molar-refractivity contribution < 1.29 is 13.2 Å². The van der Waals surface area contributed by atoms with Crippen LogP contribution >= 0.6 is 0 Å². The molecule has 1 aromatic rings. The highest BCUT2D eigenvalue weighted by Gasteiger charge is 2.34. The lowest BCUT2D eigenvalue weighted by Crippen LogP contribution is -2.45. The van der Waals surface area contributed by atoms with E-state index in [0.717, 1.165) is 11.3 Å². The van der Waals surface area contributed by atoms with Gasteiger partial charge in [0.05, 0.1) is 18.8 Å². The molecule has 0 radical (unpaired) electrons. The fraction of sp³-hybridized carbons (Fsp3) is 0.625. The predicted molar refractivity (Wildman–Crippen MR) is 87.8 cm³/mol. The highest BCUT2D eigenvalue weighted by Crippen LogP contribution is 2.19. The summed E-state index contributed by atoms with van der Waals surface area (Å²) in [4.78, 5) is 10.2. The van der Waals surface area contributed by atoms with Gasteiger partial charge in [-0.05, 0) is 31.9 Å². The Bertz CT molecular complexity index is 559. The summed E-state index contributed by atoms with van der Waals surface area (Å²) in [6.07, 6.45) is -1.75. The van der Waals surface area contributed by atoms with Crippen molar-refractivity contribution in [2.75, 3.05) is 26.2 Å². The summed E-state index contributed by atoms with van der Waals surface area (Å²) in [6.45, 7) is 5.00. The van der Waals surface area contributed by atoms with Crippen LogP contribution in [0.1, 0.15) is 24.6 Å².